The zero-order valence-electron chi connectivity index (χ0n) is 20.3. The number of nitrogens with zero attached hydrogens (tertiary/aromatic N) is 1. The SMILES string of the molecule is CCOC(=O)c1c(C)[nH]c(CN(Cc2ccc(OC)cc2)C(=O)NCCc2ccccc2)c1C. The van der Waals surface area contributed by atoms with E-state index in [-0.39, 0.29) is 12.0 Å². The number of aromatic nitrogens is 1. The fraction of sp³-hybridized carbons (Fsp3) is 0.333. The first-order chi connectivity index (χ1) is 16.4. The van der Waals surface area contributed by atoms with Crippen LogP contribution in [0, 0.1) is 13.8 Å². The minimum absolute atomic E-state index is 0.170. The minimum Gasteiger partial charge on any atom is -0.497 e. The third-order valence-electron chi connectivity index (χ3n) is 5.72. The Morgan fingerprint density at radius 1 is 0.971 bits per heavy atom. The monoisotopic (exact) mass is 463 g/mol. The molecule has 1 aromatic heterocycles. The molecule has 7 nitrogen and oxygen atoms in total. The van der Waals surface area contributed by atoms with Crippen molar-refractivity contribution in [2.75, 3.05) is 20.3 Å². The Balaban J connectivity index is 1.77. The molecule has 0 aliphatic heterocycles. The molecule has 0 saturated heterocycles. The summed E-state index contributed by atoms with van der Waals surface area (Å²) in [6, 6.07) is 17.5. The Morgan fingerprint density at radius 2 is 1.68 bits per heavy atom. The quantitative estimate of drug-likeness (QED) is 0.424. The van der Waals surface area contributed by atoms with Gasteiger partial charge >= 0.3 is 12.0 Å². The molecule has 7 heteroatoms. The van der Waals surface area contributed by atoms with Crippen molar-refractivity contribution in [2.24, 2.45) is 0 Å². The number of hydrogen-bond acceptors (Lipinski definition) is 4. The maximum atomic E-state index is 13.2. The molecule has 0 spiro atoms. The van der Waals surface area contributed by atoms with Crippen LogP contribution in [0.1, 0.15) is 45.4 Å². The molecule has 0 aliphatic carbocycles. The van der Waals surface area contributed by atoms with Gasteiger partial charge in [-0.3, -0.25) is 0 Å². The van der Waals surface area contributed by atoms with Crippen LogP contribution in [0.4, 0.5) is 4.79 Å². The van der Waals surface area contributed by atoms with E-state index >= 15 is 0 Å². The molecular weight excluding hydrogens is 430 g/mol. The van der Waals surface area contributed by atoms with Gasteiger partial charge in [0.15, 0.2) is 0 Å². The van der Waals surface area contributed by atoms with Crippen molar-refractivity contribution in [1.82, 2.24) is 15.2 Å². The average molecular weight is 464 g/mol. The zero-order chi connectivity index (χ0) is 24.5. The second-order valence-electron chi connectivity index (χ2n) is 8.12. The molecule has 180 valence electrons. The van der Waals surface area contributed by atoms with Gasteiger partial charge in [-0.05, 0) is 56.0 Å². The normalized spacial score (nSPS) is 10.6. The van der Waals surface area contributed by atoms with Crippen molar-refractivity contribution in [2.45, 2.75) is 40.3 Å². The Hall–Kier alpha value is -3.74. The van der Waals surface area contributed by atoms with Gasteiger partial charge in [-0.25, -0.2) is 9.59 Å². The van der Waals surface area contributed by atoms with Crippen LogP contribution in [0.5, 0.6) is 5.75 Å². The number of H-pyrrole nitrogens is 1. The summed E-state index contributed by atoms with van der Waals surface area (Å²) in [7, 11) is 1.62. The van der Waals surface area contributed by atoms with E-state index < -0.39 is 0 Å². The van der Waals surface area contributed by atoms with Crippen molar-refractivity contribution < 1.29 is 19.1 Å². The number of esters is 1. The van der Waals surface area contributed by atoms with Crippen LogP contribution in [0.25, 0.3) is 0 Å². The van der Waals surface area contributed by atoms with E-state index in [4.69, 9.17) is 9.47 Å². The van der Waals surface area contributed by atoms with Gasteiger partial charge in [0.2, 0.25) is 0 Å². The number of urea groups is 1. The highest BCUT2D eigenvalue weighted by atomic mass is 16.5. The van der Waals surface area contributed by atoms with E-state index in [0.717, 1.165) is 34.7 Å². The Labute approximate surface area is 201 Å². The summed E-state index contributed by atoms with van der Waals surface area (Å²) < 4.78 is 10.4. The molecule has 0 saturated carbocycles. The smallest absolute Gasteiger partial charge is 0.340 e. The van der Waals surface area contributed by atoms with Crippen LogP contribution in [-0.4, -0.2) is 42.1 Å². The van der Waals surface area contributed by atoms with Gasteiger partial charge in [-0.1, -0.05) is 42.5 Å². The summed E-state index contributed by atoms with van der Waals surface area (Å²) in [5, 5.41) is 3.04. The number of nitrogens with one attached hydrogen (secondary N) is 2. The number of benzene rings is 2. The fourth-order valence-electron chi connectivity index (χ4n) is 3.89. The van der Waals surface area contributed by atoms with Gasteiger partial charge in [0.25, 0.3) is 0 Å². The van der Waals surface area contributed by atoms with E-state index in [1.54, 1.807) is 18.9 Å². The van der Waals surface area contributed by atoms with E-state index in [1.165, 1.54) is 5.56 Å². The highest BCUT2D eigenvalue weighted by molar-refractivity contribution is 5.92. The molecule has 2 amide bonds. The number of ether oxygens (including phenoxy) is 2. The van der Waals surface area contributed by atoms with Crippen LogP contribution in [0.3, 0.4) is 0 Å². The summed E-state index contributed by atoms with van der Waals surface area (Å²) in [6.45, 7) is 7.08. The molecule has 3 aromatic rings. The number of hydrogen-bond donors (Lipinski definition) is 2. The van der Waals surface area contributed by atoms with Gasteiger partial charge in [0, 0.05) is 24.5 Å². The Kier molecular flexibility index (Phi) is 8.73. The number of rotatable bonds is 10. The van der Waals surface area contributed by atoms with Crippen molar-refractivity contribution in [3.63, 3.8) is 0 Å². The third kappa shape index (κ3) is 6.41. The molecule has 0 atom stereocenters. The van der Waals surface area contributed by atoms with Crippen molar-refractivity contribution in [3.8, 4) is 5.75 Å². The van der Waals surface area contributed by atoms with Gasteiger partial charge in [0.05, 0.1) is 25.8 Å². The van der Waals surface area contributed by atoms with E-state index in [1.807, 2.05) is 68.4 Å². The highest BCUT2D eigenvalue weighted by Gasteiger charge is 2.22. The lowest BCUT2D eigenvalue weighted by molar-refractivity contribution is 0.0525. The van der Waals surface area contributed by atoms with Crippen molar-refractivity contribution in [3.05, 3.63) is 88.2 Å². The molecule has 0 radical (unpaired) electrons. The van der Waals surface area contributed by atoms with Gasteiger partial charge in [-0.2, -0.15) is 0 Å². The molecule has 3 rings (SSSR count). The lowest BCUT2D eigenvalue weighted by Crippen LogP contribution is -2.40. The molecule has 0 aliphatic rings. The van der Waals surface area contributed by atoms with Crippen LogP contribution in [0.2, 0.25) is 0 Å². The summed E-state index contributed by atoms with van der Waals surface area (Å²) in [6.07, 6.45) is 0.747. The minimum atomic E-state index is -0.353. The number of carbonyl (C=O) groups is 2. The third-order valence-corrected chi connectivity index (χ3v) is 5.72. The first-order valence-corrected chi connectivity index (χ1v) is 11.5. The Bertz CT molecular complexity index is 1090. The highest BCUT2D eigenvalue weighted by Crippen LogP contribution is 2.22. The maximum absolute atomic E-state index is 13.2. The van der Waals surface area contributed by atoms with Crippen LogP contribution >= 0.6 is 0 Å². The lowest BCUT2D eigenvalue weighted by Gasteiger charge is -2.23. The number of carbonyl (C=O) groups excluding carboxylic acids is 2. The molecule has 2 N–H and O–H groups in total. The van der Waals surface area contributed by atoms with Crippen molar-refractivity contribution in [1.29, 1.82) is 0 Å². The molecule has 2 aromatic carbocycles. The van der Waals surface area contributed by atoms with Gasteiger partial charge in [-0.15, -0.1) is 0 Å². The van der Waals surface area contributed by atoms with Crippen LogP contribution in [0.15, 0.2) is 54.6 Å². The summed E-state index contributed by atoms with van der Waals surface area (Å²) in [5.74, 6) is 0.409. The molecule has 0 unspecified atom stereocenters. The number of aryl methyl sites for hydroxylation is 1. The van der Waals surface area contributed by atoms with E-state index in [9.17, 15) is 9.59 Å². The van der Waals surface area contributed by atoms with E-state index in [2.05, 4.69) is 10.3 Å². The largest absolute Gasteiger partial charge is 0.497 e. The number of aromatic amines is 1. The lowest BCUT2D eigenvalue weighted by atomic mass is 10.1. The average Bonchev–Trinajstić information content (AvgIpc) is 3.12. The molecule has 1 heterocycles. The second-order valence-corrected chi connectivity index (χ2v) is 8.12. The maximum Gasteiger partial charge on any atom is 0.340 e. The first kappa shape index (κ1) is 24.9. The topological polar surface area (TPSA) is 83.7 Å². The van der Waals surface area contributed by atoms with Crippen molar-refractivity contribution >= 4 is 12.0 Å². The summed E-state index contributed by atoms with van der Waals surface area (Å²) in [5.41, 5.74) is 5.02. The molecule has 0 fully saturated rings. The van der Waals surface area contributed by atoms with Crippen LogP contribution < -0.4 is 10.1 Å². The fourth-order valence-corrected chi connectivity index (χ4v) is 3.89. The van der Waals surface area contributed by atoms with E-state index in [0.29, 0.717) is 31.8 Å². The first-order valence-electron chi connectivity index (χ1n) is 11.5. The molecule has 0 bridgehead atoms. The molecular formula is C27H33N3O4. The molecule has 34 heavy (non-hydrogen) atoms. The predicted octanol–water partition coefficient (Wildman–Crippen LogP) is 4.77. The second kappa shape index (κ2) is 11.9. The predicted molar refractivity (Wildman–Crippen MR) is 132 cm³/mol. The van der Waals surface area contributed by atoms with Crippen LogP contribution in [-0.2, 0) is 24.2 Å². The van der Waals surface area contributed by atoms with Gasteiger partial charge < -0.3 is 24.7 Å². The van der Waals surface area contributed by atoms with Gasteiger partial charge in [0.1, 0.15) is 5.75 Å². The Morgan fingerprint density at radius 3 is 2.32 bits per heavy atom. The number of amides is 2. The zero-order valence-corrected chi connectivity index (χ0v) is 20.3. The number of methoxy groups -OCH3 is 1. The summed E-state index contributed by atoms with van der Waals surface area (Å²) in [4.78, 5) is 30.6. The summed E-state index contributed by atoms with van der Waals surface area (Å²) >= 11 is 0. The standard InChI is InChI=1S/C27H33N3O4/c1-5-34-26(31)25-19(2)24(29-20(25)3)18-30(17-22-11-13-23(33-4)14-12-22)27(32)28-16-15-21-9-7-6-8-10-21/h6-14,29H,5,15-18H2,1-4H3,(H,28,32).